The Morgan fingerprint density at radius 1 is 1.19 bits per heavy atom. The summed E-state index contributed by atoms with van der Waals surface area (Å²) in [6, 6.07) is 12.4. The lowest BCUT2D eigenvalue weighted by molar-refractivity contribution is -0.117. The monoisotopic (exact) mass is 456 g/mol. The number of para-hydroxylation sites is 1. The van der Waals surface area contributed by atoms with E-state index in [1.165, 1.54) is 11.2 Å². The van der Waals surface area contributed by atoms with Gasteiger partial charge in [0.05, 0.1) is 22.7 Å². The maximum atomic E-state index is 13.0. The maximum absolute atomic E-state index is 13.0. The summed E-state index contributed by atoms with van der Waals surface area (Å²) in [5, 5.41) is 8.12. The summed E-state index contributed by atoms with van der Waals surface area (Å²) in [6.07, 6.45) is 3.13. The normalized spacial score (nSPS) is 11.4. The number of carbonyl (C=O) groups excluding carboxylic acids is 2. The number of benzene rings is 1. The minimum absolute atomic E-state index is 0.0991. The van der Waals surface area contributed by atoms with Crippen LogP contribution in [0.15, 0.2) is 53.1 Å². The van der Waals surface area contributed by atoms with Gasteiger partial charge in [-0.3, -0.25) is 9.59 Å². The zero-order valence-electron chi connectivity index (χ0n) is 18.9. The second-order valence-electron chi connectivity index (χ2n) is 8.63. The average molecular weight is 457 g/mol. The van der Waals surface area contributed by atoms with Gasteiger partial charge in [-0.1, -0.05) is 57.8 Å². The number of rotatable bonds is 8. The van der Waals surface area contributed by atoms with Crippen LogP contribution in [-0.4, -0.2) is 39.6 Å². The van der Waals surface area contributed by atoms with Crippen molar-refractivity contribution in [1.29, 1.82) is 0 Å². The molecule has 32 heavy (non-hydrogen) atoms. The molecule has 0 aliphatic heterocycles. The van der Waals surface area contributed by atoms with Gasteiger partial charge in [-0.05, 0) is 30.7 Å². The molecule has 0 spiro atoms. The van der Waals surface area contributed by atoms with E-state index < -0.39 is 0 Å². The second-order valence-corrected chi connectivity index (χ2v) is 9.04. The van der Waals surface area contributed by atoms with Crippen molar-refractivity contribution in [2.45, 2.75) is 46.0 Å². The Balaban J connectivity index is 1.86. The van der Waals surface area contributed by atoms with Crippen molar-refractivity contribution in [3.8, 4) is 5.69 Å². The van der Waals surface area contributed by atoms with E-state index in [1.807, 2.05) is 52.0 Å². The Kier molecular flexibility index (Phi) is 7.40. The van der Waals surface area contributed by atoms with Crippen LogP contribution in [0.25, 0.3) is 5.69 Å². The van der Waals surface area contributed by atoms with Gasteiger partial charge in [0.2, 0.25) is 5.91 Å². The summed E-state index contributed by atoms with van der Waals surface area (Å²) < 4.78 is 6.87. The third-order valence-corrected chi connectivity index (χ3v) is 5.28. The molecule has 1 N–H and O–H groups in total. The van der Waals surface area contributed by atoms with Gasteiger partial charge in [0.1, 0.15) is 12.4 Å². The molecule has 0 bridgehead atoms. The van der Waals surface area contributed by atoms with Gasteiger partial charge in [0.15, 0.2) is 5.76 Å². The van der Waals surface area contributed by atoms with Crippen molar-refractivity contribution in [3.05, 3.63) is 65.2 Å². The predicted molar refractivity (Wildman–Crippen MR) is 125 cm³/mol. The zero-order chi connectivity index (χ0) is 23.3. The molecule has 170 valence electrons. The Labute approximate surface area is 193 Å². The Morgan fingerprint density at radius 2 is 1.94 bits per heavy atom. The second kappa shape index (κ2) is 10.0. The summed E-state index contributed by atoms with van der Waals surface area (Å²) in [6.45, 7) is 8.54. The number of amides is 2. The van der Waals surface area contributed by atoms with Crippen molar-refractivity contribution in [1.82, 2.24) is 14.7 Å². The number of carbonyl (C=O) groups is 2. The highest BCUT2D eigenvalue weighted by Crippen LogP contribution is 2.29. The molecule has 0 aliphatic carbocycles. The van der Waals surface area contributed by atoms with Crippen molar-refractivity contribution in [2.75, 3.05) is 18.4 Å². The summed E-state index contributed by atoms with van der Waals surface area (Å²) in [7, 11) is 0. The van der Waals surface area contributed by atoms with Crippen LogP contribution >= 0.6 is 11.6 Å². The first-order valence-electron chi connectivity index (χ1n) is 10.7. The zero-order valence-corrected chi connectivity index (χ0v) is 19.6. The molecule has 0 radical (unpaired) electrons. The summed E-state index contributed by atoms with van der Waals surface area (Å²) in [4.78, 5) is 27.3. The molecular weight excluding hydrogens is 428 g/mol. The van der Waals surface area contributed by atoms with Gasteiger partial charge in [-0.2, -0.15) is 5.10 Å². The van der Waals surface area contributed by atoms with Crippen LogP contribution in [0.3, 0.4) is 0 Å². The van der Waals surface area contributed by atoms with Crippen LogP contribution in [-0.2, 0) is 10.2 Å². The lowest BCUT2D eigenvalue weighted by Gasteiger charge is -2.21. The first kappa shape index (κ1) is 23.6. The predicted octanol–water partition coefficient (Wildman–Crippen LogP) is 5.30. The number of furan rings is 1. The molecule has 0 aliphatic rings. The Hall–Kier alpha value is -3.06. The molecule has 3 rings (SSSR count). The third kappa shape index (κ3) is 5.59. The number of anilines is 1. The van der Waals surface area contributed by atoms with E-state index in [4.69, 9.17) is 21.1 Å². The number of halogens is 1. The first-order valence-corrected chi connectivity index (χ1v) is 11.1. The van der Waals surface area contributed by atoms with Crippen LogP contribution in [0.5, 0.6) is 0 Å². The quantitative estimate of drug-likeness (QED) is 0.499. The molecular formula is C24H29ClN4O3. The Morgan fingerprint density at radius 3 is 2.56 bits per heavy atom. The van der Waals surface area contributed by atoms with E-state index in [1.54, 1.807) is 22.9 Å². The van der Waals surface area contributed by atoms with Gasteiger partial charge in [0.25, 0.3) is 5.91 Å². The van der Waals surface area contributed by atoms with E-state index in [-0.39, 0.29) is 29.5 Å². The van der Waals surface area contributed by atoms with Crippen molar-refractivity contribution in [3.63, 3.8) is 0 Å². The summed E-state index contributed by atoms with van der Waals surface area (Å²) in [5.41, 5.74) is 1.24. The number of unbranched alkanes of at least 4 members (excludes halogenated alkanes) is 1. The summed E-state index contributed by atoms with van der Waals surface area (Å²) in [5.74, 6) is 0.0715. The van der Waals surface area contributed by atoms with Gasteiger partial charge >= 0.3 is 0 Å². The standard InChI is InChI=1S/C24H29ClN4O3/c1-5-6-13-28(23(31)19-12-9-14-32-19)16-22(30)26-21-15-20(24(2,3)4)27-29(21)18-11-8-7-10-17(18)25/h7-12,14-15H,5-6,13,16H2,1-4H3,(H,26,30). The van der Waals surface area contributed by atoms with Crippen molar-refractivity contribution in [2.24, 2.45) is 0 Å². The molecule has 3 aromatic rings. The van der Waals surface area contributed by atoms with E-state index in [2.05, 4.69) is 5.32 Å². The maximum Gasteiger partial charge on any atom is 0.290 e. The fraction of sp³-hybridized carbons (Fsp3) is 0.375. The number of nitrogens with zero attached hydrogens (tertiary/aromatic N) is 3. The number of hydrogen-bond acceptors (Lipinski definition) is 4. The molecule has 2 heterocycles. The summed E-state index contributed by atoms with van der Waals surface area (Å²) >= 11 is 6.39. The van der Waals surface area contributed by atoms with Crippen LogP contribution in [0, 0.1) is 0 Å². The highest BCUT2D eigenvalue weighted by molar-refractivity contribution is 6.32. The number of nitrogens with one attached hydrogen (secondary N) is 1. The fourth-order valence-corrected chi connectivity index (χ4v) is 3.37. The third-order valence-electron chi connectivity index (χ3n) is 4.96. The van der Waals surface area contributed by atoms with Gasteiger partial charge in [-0.25, -0.2) is 4.68 Å². The van der Waals surface area contributed by atoms with E-state index in [0.29, 0.717) is 23.1 Å². The smallest absolute Gasteiger partial charge is 0.290 e. The number of hydrogen-bond donors (Lipinski definition) is 1. The van der Waals surface area contributed by atoms with Gasteiger partial charge < -0.3 is 14.6 Å². The van der Waals surface area contributed by atoms with Gasteiger partial charge in [-0.15, -0.1) is 0 Å². The molecule has 2 aromatic heterocycles. The van der Waals surface area contributed by atoms with Crippen molar-refractivity contribution < 1.29 is 14.0 Å². The highest BCUT2D eigenvalue weighted by Gasteiger charge is 2.24. The van der Waals surface area contributed by atoms with E-state index >= 15 is 0 Å². The number of aromatic nitrogens is 2. The molecule has 1 aromatic carbocycles. The Bertz CT molecular complexity index is 1070. The largest absolute Gasteiger partial charge is 0.459 e. The van der Waals surface area contributed by atoms with Crippen LogP contribution in [0.4, 0.5) is 5.82 Å². The van der Waals surface area contributed by atoms with Crippen LogP contribution in [0.2, 0.25) is 5.02 Å². The molecule has 0 saturated heterocycles. The molecule has 0 saturated carbocycles. The molecule has 0 atom stereocenters. The molecule has 0 fully saturated rings. The highest BCUT2D eigenvalue weighted by atomic mass is 35.5. The molecule has 8 heteroatoms. The van der Waals surface area contributed by atoms with Crippen LogP contribution < -0.4 is 5.32 Å². The minimum Gasteiger partial charge on any atom is -0.459 e. The minimum atomic E-state index is -0.324. The lowest BCUT2D eigenvalue weighted by Crippen LogP contribution is -2.38. The molecule has 7 nitrogen and oxygen atoms in total. The lowest BCUT2D eigenvalue weighted by atomic mass is 9.92. The molecule has 0 unspecified atom stereocenters. The first-order chi connectivity index (χ1) is 15.2. The topological polar surface area (TPSA) is 80.4 Å². The van der Waals surface area contributed by atoms with E-state index in [9.17, 15) is 9.59 Å². The van der Waals surface area contributed by atoms with Gasteiger partial charge in [0, 0.05) is 18.0 Å². The fourth-order valence-electron chi connectivity index (χ4n) is 3.16. The molecule has 2 amide bonds. The SMILES string of the molecule is CCCCN(CC(=O)Nc1cc(C(C)(C)C)nn1-c1ccccc1Cl)C(=O)c1ccco1. The van der Waals surface area contributed by atoms with E-state index in [0.717, 1.165) is 18.5 Å². The average Bonchev–Trinajstić information content (AvgIpc) is 3.41. The van der Waals surface area contributed by atoms with Crippen molar-refractivity contribution >= 4 is 29.2 Å². The van der Waals surface area contributed by atoms with Crippen LogP contribution in [0.1, 0.15) is 56.8 Å².